The van der Waals surface area contributed by atoms with Crippen LogP contribution in [-0.4, -0.2) is 26.5 Å². The number of anilines is 2. The zero-order valence-electron chi connectivity index (χ0n) is 13.1. The molecule has 0 aliphatic carbocycles. The van der Waals surface area contributed by atoms with Crippen LogP contribution in [0.2, 0.25) is 5.02 Å². The van der Waals surface area contributed by atoms with Crippen LogP contribution in [0.3, 0.4) is 0 Å². The zero-order chi connectivity index (χ0) is 18.8. The van der Waals surface area contributed by atoms with Crippen LogP contribution in [0.25, 0.3) is 0 Å². The fourth-order valence-electron chi connectivity index (χ4n) is 2.02. The summed E-state index contributed by atoms with van der Waals surface area (Å²) in [5, 5.41) is 12.7. The lowest BCUT2D eigenvalue weighted by Gasteiger charge is -2.15. The molecular formula is C15H14BrClN2O5S. The first-order chi connectivity index (χ1) is 11.6. The second-order valence-corrected chi connectivity index (χ2v) is 7.93. The van der Waals surface area contributed by atoms with Crippen molar-refractivity contribution in [3.8, 4) is 11.5 Å². The number of methoxy groups -OCH3 is 1. The van der Waals surface area contributed by atoms with Crippen LogP contribution < -0.4 is 14.8 Å². The molecule has 0 bridgehead atoms. The van der Waals surface area contributed by atoms with Crippen LogP contribution in [0.15, 0.2) is 39.7 Å². The third-order valence-corrected chi connectivity index (χ3v) is 5.14. The van der Waals surface area contributed by atoms with E-state index in [0.717, 1.165) is 0 Å². The summed E-state index contributed by atoms with van der Waals surface area (Å²) in [5.74, 6) is -0.781. The highest BCUT2D eigenvalue weighted by Gasteiger charge is 2.23. The van der Waals surface area contributed by atoms with E-state index in [0.29, 0.717) is 4.47 Å². The van der Waals surface area contributed by atoms with E-state index in [1.54, 1.807) is 6.07 Å². The van der Waals surface area contributed by atoms with Crippen molar-refractivity contribution >= 4 is 54.8 Å². The molecule has 2 aromatic rings. The standard InChI is InChI=1S/C15H14BrClN2O5S/c1-8(20)18-11-6-10(17)7-12(15(11)21)19-25(22,23)14-5-9(16)3-4-13(14)24-2/h3-7,19,21H,1-2H3,(H,18,20). The van der Waals surface area contributed by atoms with Gasteiger partial charge in [-0.2, -0.15) is 0 Å². The van der Waals surface area contributed by atoms with Crippen LogP contribution >= 0.6 is 27.5 Å². The lowest BCUT2D eigenvalue weighted by atomic mass is 10.2. The van der Waals surface area contributed by atoms with Crippen molar-refractivity contribution in [2.24, 2.45) is 0 Å². The molecule has 0 saturated heterocycles. The Morgan fingerprint density at radius 2 is 1.88 bits per heavy atom. The van der Waals surface area contributed by atoms with Crippen molar-refractivity contribution in [2.45, 2.75) is 11.8 Å². The molecule has 1 amide bonds. The summed E-state index contributed by atoms with van der Waals surface area (Å²) in [6, 6.07) is 7.00. The quantitative estimate of drug-likeness (QED) is 0.605. The van der Waals surface area contributed by atoms with Crippen LogP contribution in [0, 0.1) is 0 Å². The first-order valence-corrected chi connectivity index (χ1v) is 9.46. The summed E-state index contributed by atoms with van der Waals surface area (Å²) in [5.41, 5.74) is -0.197. The molecule has 0 aliphatic heterocycles. The van der Waals surface area contributed by atoms with Crippen molar-refractivity contribution < 1.29 is 23.1 Å². The van der Waals surface area contributed by atoms with Crippen LogP contribution in [0.1, 0.15) is 6.92 Å². The first-order valence-electron chi connectivity index (χ1n) is 6.80. The molecule has 0 aromatic heterocycles. The molecule has 0 spiro atoms. The average Bonchev–Trinajstić information content (AvgIpc) is 2.51. The number of halogens is 2. The molecule has 10 heteroatoms. The first kappa shape index (κ1) is 19.4. The Morgan fingerprint density at radius 1 is 1.24 bits per heavy atom. The molecule has 2 rings (SSSR count). The van der Waals surface area contributed by atoms with Crippen molar-refractivity contribution in [1.82, 2.24) is 0 Å². The highest BCUT2D eigenvalue weighted by Crippen LogP contribution is 2.38. The maximum absolute atomic E-state index is 12.7. The van der Waals surface area contributed by atoms with Crippen LogP contribution in [0.4, 0.5) is 11.4 Å². The van der Waals surface area contributed by atoms with Gasteiger partial charge in [0.2, 0.25) is 5.91 Å². The maximum Gasteiger partial charge on any atom is 0.265 e. The largest absolute Gasteiger partial charge is 0.504 e. The molecule has 7 nitrogen and oxygen atoms in total. The third-order valence-electron chi connectivity index (χ3n) is 3.04. The highest BCUT2D eigenvalue weighted by molar-refractivity contribution is 9.10. The molecule has 0 fully saturated rings. The van der Waals surface area contributed by atoms with E-state index in [4.69, 9.17) is 16.3 Å². The summed E-state index contributed by atoms with van der Waals surface area (Å²) in [6.45, 7) is 1.25. The van der Waals surface area contributed by atoms with Gasteiger partial charge in [-0.25, -0.2) is 8.42 Å². The third kappa shape index (κ3) is 4.56. The van der Waals surface area contributed by atoms with Crippen LogP contribution in [0.5, 0.6) is 11.5 Å². The van der Waals surface area contributed by atoms with E-state index in [2.05, 4.69) is 26.0 Å². The Balaban J connectivity index is 2.50. The Hall–Kier alpha value is -1.97. The van der Waals surface area contributed by atoms with Gasteiger partial charge in [-0.15, -0.1) is 0 Å². The van der Waals surface area contributed by atoms with Gasteiger partial charge in [-0.3, -0.25) is 9.52 Å². The van der Waals surface area contributed by atoms with E-state index >= 15 is 0 Å². The zero-order valence-corrected chi connectivity index (χ0v) is 16.3. The second kappa shape index (κ2) is 7.51. The predicted octanol–water partition coefficient (Wildman–Crippen LogP) is 3.58. The van der Waals surface area contributed by atoms with E-state index in [1.165, 1.54) is 38.3 Å². The van der Waals surface area contributed by atoms with Gasteiger partial charge in [-0.05, 0) is 30.3 Å². The van der Waals surface area contributed by atoms with E-state index < -0.39 is 21.7 Å². The summed E-state index contributed by atoms with van der Waals surface area (Å²) < 4.78 is 33.2. The van der Waals surface area contributed by atoms with Crippen molar-refractivity contribution in [1.29, 1.82) is 0 Å². The molecule has 0 atom stereocenters. The van der Waals surface area contributed by atoms with Gasteiger partial charge in [-0.1, -0.05) is 27.5 Å². The number of phenolic OH excluding ortho intramolecular Hbond substituents is 1. The number of phenols is 1. The number of carbonyl (C=O) groups is 1. The minimum Gasteiger partial charge on any atom is -0.504 e. The SMILES string of the molecule is COc1ccc(Br)cc1S(=O)(=O)Nc1cc(Cl)cc(NC(C)=O)c1O. The summed E-state index contributed by atoms with van der Waals surface area (Å²) in [4.78, 5) is 11.1. The van der Waals surface area contributed by atoms with Crippen molar-refractivity contribution in [3.05, 3.63) is 39.8 Å². The van der Waals surface area contributed by atoms with Crippen molar-refractivity contribution in [2.75, 3.05) is 17.1 Å². The van der Waals surface area contributed by atoms with E-state index in [9.17, 15) is 18.3 Å². The number of amides is 1. The summed E-state index contributed by atoms with van der Waals surface area (Å²) in [6.07, 6.45) is 0. The van der Waals surface area contributed by atoms with Gasteiger partial charge in [0.1, 0.15) is 10.6 Å². The molecule has 3 N–H and O–H groups in total. The van der Waals surface area contributed by atoms with Gasteiger partial charge in [0.15, 0.2) is 5.75 Å². The predicted molar refractivity (Wildman–Crippen MR) is 98.9 cm³/mol. The number of sulfonamides is 1. The molecule has 0 heterocycles. The lowest BCUT2D eigenvalue weighted by Crippen LogP contribution is -2.15. The fourth-order valence-corrected chi connectivity index (χ4v) is 4.01. The molecule has 25 heavy (non-hydrogen) atoms. The number of hydrogen-bond donors (Lipinski definition) is 3. The van der Waals surface area contributed by atoms with Gasteiger partial charge in [0.25, 0.3) is 10.0 Å². The minimum atomic E-state index is -4.10. The second-order valence-electron chi connectivity index (χ2n) is 4.93. The maximum atomic E-state index is 12.7. The van der Waals surface area contributed by atoms with Gasteiger partial charge in [0.05, 0.1) is 18.5 Å². The monoisotopic (exact) mass is 448 g/mol. The Labute approximate surface area is 158 Å². The summed E-state index contributed by atoms with van der Waals surface area (Å²) in [7, 11) is -2.76. The van der Waals surface area contributed by atoms with Gasteiger partial charge in [0, 0.05) is 16.4 Å². The molecule has 0 saturated carbocycles. The molecule has 0 radical (unpaired) electrons. The van der Waals surface area contributed by atoms with E-state index in [1.807, 2.05) is 0 Å². The Bertz CT molecular complexity index is 934. The average molecular weight is 450 g/mol. The minimum absolute atomic E-state index is 0.0149. The van der Waals surface area contributed by atoms with Crippen molar-refractivity contribution in [3.63, 3.8) is 0 Å². The number of carbonyl (C=O) groups excluding carboxylic acids is 1. The number of ether oxygens (including phenoxy) is 1. The number of aromatic hydroxyl groups is 1. The normalized spacial score (nSPS) is 11.0. The molecule has 0 aliphatic rings. The smallest absolute Gasteiger partial charge is 0.265 e. The van der Waals surface area contributed by atoms with Gasteiger partial charge >= 0.3 is 0 Å². The molecule has 0 unspecified atom stereocenters. The highest BCUT2D eigenvalue weighted by atomic mass is 79.9. The molecule has 134 valence electrons. The Morgan fingerprint density at radius 3 is 2.48 bits per heavy atom. The molecular weight excluding hydrogens is 436 g/mol. The summed E-state index contributed by atoms with van der Waals surface area (Å²) >= 11 is 9.14. The number of benzene rings is 2. The number of nitrogens with one attached hydrogen (secondary N) is 2. The number of rotatable bonds is 5. The van der Waals surface area contributed by atoms with Crippen LogP contribution in [-0.2, 0) is 14.8 Å². The van der Waals surface area contributed by atoms with Gasteiger partial charge < -0.3 is 15.2 Å². The van der Waals surface area contributed by atoms with E-state index in [-0.39, 0.29) is 27.0 Å². The lowest BCUT2D eigenvalue weighted by molar-refractivity contribution is -0.114. The Kier molecular flexibility index (Phi) is 5.81. The topological polar surface area (TPSA) is 105 Å². The molecule has 2 aromatic carbocycles. The fraction of sp³-hybridized carbons (Fsp3) is 0.133. The number of hydrogen-bond acceptors (Lipinski definition) is 5.